The van der Waals surface area contributed by atoms with E-state index in [0.29, 0.717) is 15.0 Å². The minimum atomic E-state index is 0.554. The quantitative estimate of drug-likeness (QED) is 0.480. The summed E-state index contributed by atoms with van der Waals surface area (Å²) in [6.45, 7) is 2.17. The average Bonchev–Trinajstić information content (AvgIpc) is 2.39. The van der Waals surface area contributed by atoms with Crippen molar-refractivity contribution in [2.75, 3.05) is 0 Å². The SMILES string of the molecule is Cc1cccc(C2=C(I)c3ccccc3C[Se]2)c1. The molecule has 0 unspecified atom stereocenters. The second-order valence-corrected chi connectivity index (χ2v) is 7.61. The minimum absolute atomic E-state index is 0.554. The molecule has 0 atom stereocenters. The molecule has 1 aliphatic heterocycles. The molecular weight excluding hydrogens is 398 g/mol. The van der Waals surface area contributed by atoms with Crippen LogP contribution in [0.3, 0.4) is 0 Å². The van der Waals surface area contributed by atoms with Crippen LogP contribution in [0.25, 0.3) is 8.05 Å². The van der Waals surface area contributed by atoms with Gasteiger partial charge >= 0.3 is 129 Å². The van der Waals surface area contributed by atoms with Crippen LogP contribution in [0.5, 0.6) is 0 Å². The molecule has 90 valence electrons. The van der Waals surface area contributed by atoms with Crippen LogP contribution in [0.15, 0.2) is 48.5 Å². The summed E-state index contributed by atoms with van der Waals surface area (Å²) >= 11 is 3.08. The van der Waals surface area contributed by atoms with Gasteiger partial charge in [0, 0.05) is 0 Å². The molecular formula is C16H13ISe. The Morgan fingerprint density at radius 3 is 2.72 bits per heavy atom. The summed E-state index contributed by atoms with van der Waals surface area (Å²) in [5, 5.41) is 1.22. The number of hydrogen-bond acceptors (Lipinski definition) is 0. The fraction of sp³-hybridized carbons (Fsp3) is 0.125. The van der Waals surface area contributed by atoms with Gasteiger partial charge in [-0.3, -0.25) is 0 Å². The fourth-order valence-electron chi connectivity index (χ4n) is 2.19. The van der Waals surface area contributed by atoms with Gasteiger partial charge in [0.15, 0.2) is 0 Å². The van der Waals surface area contributed by atoms with Crippen molar-refractivity contribution in [1.82, 2.24) is 0 Å². The van der Waals surface area contributed by atoms with Crippen molar-refractivity contribution in [2.45, 2.75) is 12.2 Å². The Kier molecular flexibility index (Phi) is 3.60. The zero-order chi connectivity index (χ0) is 12.5. The third kappa shape index (κ3) is 2.29. The number of fused-ring (bicyclic) bond motifs is 1. The van der Waals surface area contributed by atoms with Gasteiger partial charge in [0.25, 0.3) is 0 Å². The second kappa shape index (κ2) is 5.20. The van der Waals surface area contributed by atoms with Crippen molar-refractivity contribution in [2.24, 2.45) is 0 Å². The fourth-order valence-corrected chi connectivity index (χ4v) is 6.11. The molecule has 2 aromatic carbocycles. The Labute approximate surface area is 128 Å². The molecule has 3 rings (SSSR count). The predicted molar refractivity (Wildman–Crippen MR) is 87.9 cm³/mol. The van der Waals surface area contributed by atoms with Gasteiger partial charge in [0.1, 0.15) is 0 Å². The van der Waals surface area contributed by atoms with Crippen molar-refractivity contribution in [3.63, 3.8) is 0 Å². The summed E-state index contributed by atoms with van der Waals surface area (Å²) < 4.78 is 3.01. The molecule has 1 heterocycles. The molecule has 0 saturated carbocycles. The Bertz CT molecular complexity index is 628. The van der Waals surface area contributed by atoms with Gasteiger partial charge in [-0.05, 0) is 0 Å². The van der Waals surface area contributed by atoms with E-state index < -0.39 is 0 Å². The molecule has 1 aliphatic rings. The van der Waals surface area contributed by atoms with E-state index in [0.717, 1.165) is 0 Å². The Morgan fingerprint density at radius 2 is 1.89 bits per heavy atom. The molecule has 2 heteroatoms. The summed E-state index contributed by atoms with van der Waals surface area (Å²) in [6.07, 6.45) is 0. The van der Waals surface area contributed by atoms with E-state index in [-0.39, 0.29) is 0 Å². The van der Waals surface area contributed by atoms with Gasteiger partial charge < -0.3 is 0 Å². The third-order valence-corrected chi connectivity index (χ3v) is 7.53. The normalized spacial score (nSPS) is 14.6. The van der Waals surface area contributed by atoms with E-state index in [9.17, 15) is 0 Å². The number of benzene rings is 2. The number of hydrogen-bond donors (Lipinski definition) is 0. The number of aryl methyl sites for hydroxylation is 1. The van der Waals surface area contributed by atoms with Crippen LogP contribution < -0.4 is 0 Å². The molecule has 18 heavy (non-hydrogen) atoms. The summed E-state index contributed by atoms with van der Waals surface area (Å²) in [5.74, 6) is 0. The Morgan fingerprint density at radius 1 is 1.06 bits per heavy atom. The van der Waals surface area contributed by atoms with Gasteiger partial charge in [0.2, 0.25) is 0 Å². The predicted octanol–water partition coefficient (Wildman–Crippen LogP) is 4.47. The van der Waals surface area contributed by atoms with Crippen LogP contribution in [-0.2, 0) is 5.32 Å². The average molecular weight is 411 g/mol. The molecule has 2 aromatic rings. The molecule has 0 N–H and O–H groups in total. The summed E-state index contributed by atoms with van der Waals surface area (Å²) in [4.78, 5) is 0. The van der Waals surface area contributed by atoms with Gasteiger partial charge in [-0.2, -0.15) is 0 Å². The maximum absolute atomic E-state index is 2.52. The van der Waals surface area contributed by atoms with E-state index in [1.54, 1.807) is 4.47 Å². The zero-order valence-corrected chi connectivity index (χ0v) is 14.0. The number of rotatable bonds is 1. The van der Waals surface area contributed by atoms with Crippen LogP contribution in [0.2, 0.25) is 0 Å². The molecule has 0 fully saturated rings. The molecule has 0 aliphatic carbocycles. The van der Waals surface area contributed by atoms with Crippen LogP contribution in [0, 0.1) is 6.92 Å². The molecule has 0 nitrogen and oxygen atoms in total. The van der Waals surface area contributed by atoms with Crippen molar-refractivity contribution < 1.29 is 0 Å². The summed E-state index contributed by atoms with van der Waals surface area (Å²) in [5.41, 5.74) is 5.70. The monoisotopic (exact) mass is 412 g/mol. The van der Waals surface area contributed by atoms with Crippen LogP contribution in [0.4, 0.5) is 0 Å². The molecule has 0 spiro atoms. The molecule has 0 bridgehead atoms. The van der Waals surface area contributed by atoms with Crippen LogP contribution >= 0.6 is 22.6 Å². The second-order valence-electron chi connectivity index (χ2n) is 4.46. The van der Waals surface area contributed by atoms with E-state index in [4.69, 9.17) is 0 Å². The third-order valence-electron chi connectivity index (χ3n) is 3.11. The van der Waals surface area contributed by atoms with E-state index in [1.807, 2.05) is 0 Å². The molecule has 0 amide bonds. The topological polar surface area (TPSA) is 0 Å². The van der Waals surface area contributed by atoms with Gasteiger partial charge in [-0.15, -0.1) is 0 Å². The van der Waals surface area contributed by atoms with Crippen molar-refractivity contribution in [1.29, 1.82) is 0 Å². The molecule has 0 aromatic heterocycles. The van der Waals surface area contributed by atoms with Gasteiger partial charge in [-0.1, -0.05) is 0 Å². The van der Waals surface area contributed by atoms with Crippen molar-refractivity contribution >= 4 is 45.6 Å². The first-order chi connectivity index (χ1) is 8.75. The van der Waals surface area contributed by atoms with Crippen LogP contribution in [0.1, 0.15) is 22.3 Å². The first-order valence-corrected chi connectivity index (χ1v) is 9.08. The molecule has 0 saturated heterocycles. The first-order valence-electron chi connectivity index (χ1n) is 5.93. The maximum atomic E-state index is 2.52. The standard InChI is InChI=1S/C16H13ISe/c1-11-5-4-7-12(9-11)16-15(17)14-8-3-2-6-13(14)10-18-16/h2-9H,10H2,1H3. The first kappa shape index (κ1) is 12.5. The van der Waals surface area contributed by atoms with E-state index in [1.165, 1.54) is 31.2 Å². The van der Waals surface area contributed by atoms with E-state index in [2.05, 4.69) is 78.0 Å². The van der Waals surface area contributed by atoms with Crippen molar-refractivity contribution in [3.05, 3.63) is 70.8 Å². The van der Waals surface area contributed by atoms with Crippen molar-refractivity contribution in [3.8, 4) is 0 Å². The van der Waals surface area contributed by atoms with E-state index >= 15 is 0 Å². The Balaban J connectivity index is 2.14. The summed E-state index contributed by atoms with van der Waals surface area (Å²) in [6, 6.07) is 17.7. The summed E-state index contributed by atoms with van der Waals surface area (Å²) in [7, 11) is 0. The molecule has 0 radical (unpaired) electrons. The van der Waals surface area contributed by atoms with Gasteiger partial charge in [0.05, 0.1) is 0 Å². The zero-order valence-electron chi connectivity index (χ0n) is 10.1. The van der Waals surface area contributed by atoms with Gasteiger partial charge in [-0.25, -0.2) is 0 Å². The van der Waals surface area contributed by atoms with Crippen LogP contribution in [-0.4, -0.2) is 15.0 Å². The Hall–Kier alpha value is -0.571. The number of halogens is 1.